The molecule has 0 saturated heterocycles. The summed E-state index contributed by atoms with van der Waals surface area (Å²) >= 11 is 5.86. The SMILES string of the molecule is CC(CN)CCC(=O)c1c(Cl)cnn1C. The van der Waals surface area contributed by atoms with Crippen LogP contribution in [0.5, 0.6) is 0 Å². The average Bonchev–Trinajstić information content (AvgIpc) is 2.54. The number of hydrogen-bond donors (Lipinski definition) is 1. The number of nitrogens with zero attached hydrogens (tertiary/aromatic N) is 2. The smallest absolute Gasteiger partial charge is 0.182 e. The molecule has 0 radical (unpaired) electrons. The van der Waals surface area contributed by atoms with Gasteiger partial charge in [0.1, 0.15) is 5.69 Å². The minimum Gasteiger partial charge on any atom is -0.330 e. The number of aromatic nitrogens is 2. The summed E-state index contributed by atoms with van der Waals surface area (Å²) in [7, 11) is 1.71. The molecule has 15 heavy (non-hydrogen) atoms. The van der Waals surface area contributed by atoms with E-state index in [1.807, 2.05) is 6.92 Å². The van der Waals surface area contributed by atoms with Gasteiger partial charge in [0.15, 0.2) is 5.78 Å². The molecule has 0 spiro atoms. The van der Waals surface area contributed by atoms with Crippen molar-refractivity contribution in [3.05, 3.63) is 16.9 Å². The number of Topliss-reactive ketones (excluding diaryl/α,β-unsaturated/α-hetero) is 1. The van der Waals surface area contributed by atoms with Crippen LogP contribution in [0.4, 0.5) is 0 Å². The van der Waals surface area contributed by atoms with Crippen molar-refractivity contribution in [3.8, 4) is 0 Å². The molecule has 84 valence electrons. The van der Waals surface area contributed by atoms with Crippen molar-refractivity contribution in [2.75, 3.05) is 6.54 Å². The van der Waals surface area contributed by atoms with Gasteiger partial charge < -0.3 is 5.73 Å². The van der Waals surface area contributed by atoms with Crippen molar-refractivity contribution in [2.45, 2.75) is 19.8 Å². The predicted molar refractivity (Wildman–Crippen MR) is 60.0 cm³/mol. The van der Waals surface area contributed by atoms with Crippen LogP contribution in [0.25, 0.3) is 0 Å². The maximum atomic E-state index is 11.8. The van der Waals surface area contributed by atoms with Gasteiger partial charge in [0.05, 0.1) is 11.2 Å². The van der Waals surface area contributed by atoms with E-state index >= 15 is 0 Å². The molecule has 2 N–H and O–H groups in total. The number of carbonyl (C=O) groups is 1. The fraction of sp³-hybridized carbons (Fsp3) is 0.600. The number of rotatable bonds is 5. The first-order valence-electron chi connectivity index (χ1n) is 4.97. The summed E-state index contributed by atoms with van der Waals surface area (Å²) in [4.78, 5) is 11.8. The Morgan fingerprint density at radius 1 is 1.73 bits per heavy atom. The van der Waals surface area contributed by atoms with Gasteiger partial charge >= 0.3 is 0 Å². The van der Waals surface area contributed by atoms with Crippen molar-refractivity contribution in [1.29, 1.82) is 0 Å². The zero-order valence-electron chi connectivity index (χ0n) is 9.03. The zero-order chi connectivity index (χ0) is 11.4. The molecule has 1 heterocycles. The maximum Gasteiger partial charge on any atom is 0.182 e. The summed E-state index contributed by atoms with van der Waals surface area (Å²) in [5, 5.41) is 4.34. The lowest BCUT2D eigenvalue weighted by Crippen LogP contribution is -2.14. The van der Waals surface area contributed by atoms with Gasteiger partial charge in [-0.15, -0.1) is 0 Å². The van der Waals surface area contributed by atoms with Crippen LogP contribution in [0.1, 0.15) is 30.3 Å². The first-order valence-corrected chi connectivity index (χ1v) is 5.34. The van der Waals surface area contributed by atoms with Crippen LogP contribution < -0.4 is 5.73 Å². The van der Waals surface area contributed by atoms with E-state index in [4.69, 9.17) is 17.3 Å². The van der Waals surface area contributed by atoms with Crippen LogP contribution in [0.2, 0.25) is 5.02 Å². The second-order valence-corrected chi connectivity index (χ2v) is 4.17. The van der Waals surface area contributed by atoms with Gasteiger partial charge in [-0.25, -0.2) is 0 Å². The molecule has 0 fully saturated rings. The van der Waals surface area contributed by atoms with Crippen molar-refractivity contribution in [3.63, 3.8) is 0 Å². The minimum absolute atomic E-state index is 0.0281. The van der Waals surface area contributed by atoms with Gasteiger partial charge in [0, 0.05) is 13.5 Å². The van der Waals surface area contributed by atoms with E-state index in [0.717, 1.165) is 6.42 Å². The average molecular weight is 230 g/mol. The predicted octanol–water partition coefficient (Wildman–Crippen LogP) is 1.63. The number of hydrogen-bond acceptors (Lipinski definition) is 3. The highest BCUT2D eigenvalue weighted by molar-refractivity contribution is 6.33. The summed E-state index contributed by atoms with van der Waals surface area (Å²) < 4.78 is 1.51. The number of nitrogens with two attached hydrogens (primary N) is 1. The Hall–Kier alpha value is -0.870. The minimum atomic E-state index is 0.0281. The third kappa shape index (κ3) is 3.04. The Balaban J connectivity index is 2.62. The third-order valence-corrected chi connectivity index (χ3v) is 2.70. The lowest BCUT2D eigenvalue weighted by molar-refractivity contribution is 0.0966. The normalized spacial score (nSPS) is 12.8. The summed E-state index contributed by atoms with van der Waals surface area (Å²) in [6, 6.07) is 0. The molecule has 4 nitrogen and oxygen atoms in total. The van der Waals surface area contributed by atoms with E-state index < -0.39 is 0 Å². The molecular formula is C10H16ClN3O. The van der Waals surface area contributed by atoms with Crippen molar-refractivity contribution in [2.24, 2.45) is 18.7 Å². The van der Waals surface area contributed by atoms with Crippen LogP contribution in [0.3, 0.4) is 0 Å². The van der Waals surface area contributed by atoms with Gasteiger partial charge in [0.25, 0.3) is 0 Å². The fourth-order valence-corrected chi connectivity index (χ4v) is 1.61. The van der Waals surface area contributed by atoms with Crippen molar-refractivity contribution < 1.29 is 4.79 Å². The molecular weight excluding hydrogens is 214 g/mol. The van der Waals surface area contributed by atoms with E-state index in [-0.39, 0.29) is 5.78 Å². The van der Waals surface area contributed by atoms with Crippen molar-refractivity contribution >= 4 is 17.4 Å². The Bertz CT molecular complexity index is 329. The highest BCUT2D eigenvalue weighted by Gasteiger charge is 2.15. The summed E-state index contributed by atoms with van der Waals surface area (Å²) in [5.74, 6) is 0.390. The van der Waals surface area contributed by atoms with Crippen LogP contribution in [0.15, 0.2) is 6.20 Å². The summed E-state index contributed by atoms with van der Waals surface area (Å²) in [6.07, 6.45) is 2.75. The van der Waals surface area contributed by atoms with Gasteiger partial charge in [-0.2, -0.15) is 5.10 Å². The van der Waals surface area contributed by atoms with E-state index in [2.05, 4.69) is 5.10 Å². The molecule has 0 aliphatic carbocycles. The van der Waals surface area contributed by atoms with Crippen LogP contribution in [-0.2, 0) is 7.05 Å². The molecule has 1 aromatic rings. The molecule has 1 unspecified atom stereocenters. The Labute approximate surface area is 94.4 Å². The van der Waals surface area contributed by atoms with E-state index in [9.17, 15) is 4.79 Å². The molecule has 1 rings (SSSR count). The lowest BCUT2D eigenvalue weighted by Gasteiger charge is -2.07. The standard InChI is InChI=1S/C10H16ClN3O/c1-7(5-12)3-4-9(15)10-8(11)6-13-14(10)2/h6-7H,3-5,12H2,1-2H3. The van der Waals surface area contributed by atoms with Crippen LogP contribution >= 0.6 is 11.6 Å². The monoisotopic (exact) mass is 229 g/mol. The zero-order valence-corrected chi connectivity index (χ0v) is 9.79. The molecule has 0 aromatic carbocycles. The molecule has 1 aromatic heterocycles. The lowest BCUT2D eigenvalue weighted by atomic mass is 10.0. The number of halogens is 1. The van der Waals surface area contributed by atoms with Gasteiger partial charge in [-0.3, -0.25) is 9.48 Å². The first-order chi connectivity index (χ1) is 7.06. The Morgan fingerprint density at radius 2 is 2.40 bits per heavy atom. The van der Waals surface area contributed by atoms with Gasteiger partial charge in [-0.1, -0.05) is 18.5 Å². The highest BCUT2D eigenvalue weighted by Crippen LogP contribution is 2.17. The molecule has 0 bridgehead atoms. The second kappa shape index (κ2) is 5.28. The first kappa shape index (κ1) is 12.2. The van der Waals surface area contributed by atoms with E-state index in [1.54, 1.807) is 7.05 Å². The fourth-order valence-electron chi connectivity index (χ4n) is 1.34. The molecule has 0 saturated carbocycles. The maximum absolute atomic E-state index is 11.8. The topological polar surface area (TPSA) is 60.9 Å². The largest absolute Gasteiger partial charge is 0.330 e. The highest BCUT2D eigenvalue weighted by atomic mass is 35.5. The Kier molecular flexibility index (Phi) is 4.29. The van der Waals surface area contributed by atoms with Gasteiger partial charge in [-0.05, 0) is 18.9 Å². The molecule has 1 atom stereocenters. The number of carbonyl (C=O) groups excluding carboxylic acids is 1. The summed E-state index contributed by atoms with van der Waals surface area (Å²) in [5.41, 5.74) is 5.97. The third-order valence-electron chi connectivity index (χ3n) is 2.42. The van der Waals surface area contributed by atoms with E-state index in [0.29, 0.717) is 29.6 Å². The molecule has 0 amide bonds. The molecule has 0 aliphatic heterocycles. The second-order valence-electron chi connectivity index (χ2n) is 3.77. The van der Waals surface area contributed by atoms with Crippen LogP contribution in [-0.4, -0.2) is 22.1 Å². The molecule has 0 aliphatic rings. The van der Waals surface area contributed by atoms with E-state index in [1.165, 1.54) is 10.9 Å². The van der Waals surface area contributed by atoms with Crippen LogP contribution in [0, 0.1) is 5.92 Å². The number of aryl methyl sites for hydroxylation is 1. The Morgan fingerprint density at radius 3 is 2.87 bits per heavy atom. The quantitative estimate of drug-likeness (QED) is 0.781. The van der Waals surface area contributed by atoms with Crippen molar-refractivity contribution in [1.82, 2.24) is 9.78 Å². The summed E-state index contributed by atoms with van der Waals surface area (Å²) in [6.45, 7) is 2.63. The number of ketones is 1. The van der Waals surface area contributed by atoms with Gasteiger partial charge in [0.2, 0.25) is 0 Å². The molecule has 5 heteroatoms.